The normalized spacial score (nSPS) is 6.86. The van der Waals surface area contributed by atoms with Gasteiger partial charge in [-0.1, -0.05) is 146 Å². The molecule has 0 aliphatic rings. The van der Waals surface area contributed by atoms with Crippen LogP contribution in [0.4, 0.5) is 0 Å². The van der Waals surface area contributed by atoms with E-state index >= 15 is 0 Å². The van der Waals surface area contributed by atoms with Crippen LogP contribution >= 0.6 is 67.9 Å². The van der Waals surface area contributed by atoms with Crippen molar-refractivity contribution >= 4 is 67.9 Å². The van der Waals surface area contributed by atoms with Gasteiger partial charge in [-0.25, -0.2) is 0 Å². The van der Waals surface area contributed by atoms with E-state index in [0.717, 1.165) is 0 Å². The lowest BCUT2D eigenvalue weighted by Crippen LogP contribution is -1.47. The number of benzene rings is 4. The highest BCUT2D eigenvalue weighted by Crippen LogP contribution is 1.81. The van der Waals surface area contributed by atoms with Crippen LogP contribution in [0.5, 0.6) is 0 Å². The summed E-state index contributed by atoms with van der Waals surface area (Å²) in [6, 6.07) is 48.0. The van der Waals surface area contributed by atoms with Crippen molar-refractivity contribution in [1.82, 2.24) is 0 Å². The Labute approximate surface area is 212 Å². The number of rotatable bonds is 0. The maximum atomic E-state index is 2.00. The minimum atomic E-state index is 0. The van der Waals surface area contributed by atoms with Crippen LogP contribution in [0, 0.1) is 0 Å². The van der Waals surface area contributed by atoms with E-state index in [1.165, 1.54) is 0 Å². The van der Waals surface area contributed by atoms with Crippen molar-refractivity contribution < 1.29 is 0 Å². The second kappa shape index (κ2) is 30.5. The Balaban J connectivity index is -0.000000131. The van der Waals surface area contributed by atoms with Gasteiger partial charge >= 0.3 is 0 Å². The Hall–Kier alpha value is -1.20. The molecule has 0 aliphatic carbocycles. The van der Waals surface area contributed by atoms with E-state index in [2.05, 4.69) is 0 Å². The molecule has 0 bridgehead atoms. The summed E-state index contributed by atoms with van der Waals surface area (Å²) < 4.78 is 0. The lowest BCUT2D eigenvalue weighted by molar-refractivity contribution is 1.72. The quantitative estimate of drug-likeness (QED) is 0.181. The molecule has 4 heteroatoms. The number of hydrogen-bond donors (Lipinski definition) is 0. The first kappa shape index (κ1) is 34.3. The van der Waals surface area contributed by atoms with E-state index in [1.807, 2.05) is 146 Å². The summed E-state index contributed by atoms with van der Waals surface area (Å²) in [6.45, 7) is 0. The molecule has 0 N–H and O–H groups in total. The third-order valence-electron chi connectivity index (χ3n) is 2.67. The van der Waals surface area contributed by atoms with E-state index in [9.17, 15) is 0 Å². The van der Waals surface area contributed by atoms with Crippen molar-refractivity contribution in [3.05, 3.63) is 146 Å². The topological polar surface area (TPSA) is 0 Å². The number of hydrogen-bond acceptors (Lipinski definition) is 0. The fourth-order valence-corrected chi connectivity index (χ4v) is 1.54. The molecule has 0 aromatic heterocycles. The summed E-state index contributed by atoms with van der Waals surface area (Å²) in [4.78, 5) is 0. The van der Waals surface area contributed by atoms with Crippen molar-refractivity contribution in [1.29, 1.82) is 0 Å². The Morgan fingerprint density at radius 1 is 0.107 bits per heavy atom. The summed E-state index contributed by atoms with van der Waals surface area (Å²) in [7, 11) is 0. The summed E-state index contributed by atoms with van der Waals surface area (Å²) in [6.07, 6.45) is 0. The van der Waals surface area contributed by atoms with Crippen molar-refractivity contribution in [2.24, 2.45) is 0 Å². The molecule has 28 heavy (non-hydrogen) atoms. The van der Waals surface area contributed by atoms with Crippen LogP contribution in [0.3, 0.4) is 0 Å². The van der Waals surface area contributed by atoms with Crippen LogP contribution in [0.25, 0.3) is 0 Å². The SMILES string of the molecule is Br.Br.Br.Br.c1ccccc1.c1ccccc1.c1ccccc1.c1ccccc1. The molecule has 0 amide bonds. The zero-order valence-electron chi connectivity index (χ0n) is 15.5. The highest BCUT2D eigenvalue weighted by Gasteiger charge is 1.59. The van der Waals surface area contributed by atoms with Gasteiger partial charge < -0.3 is 0 Å². The fraction of sp³-hybridized carbons (Fsp3) is 0. The first-order valence-electron chi connectivity index (χ1n) is 8.00. The van der Waals surface area contributed by atoms with Gasteiger partial charge in [0.25, 0.3) is 0 Å². The smallest absolute Gasteiger partial charge is 0.0623 e. The summed E-state index contributed by atoms with van der Waals surface area (Å²) >= 11 is 0. The molecule has 0 fully saturated rings. The second-order valence-corrected chi connectivity index (χ2v) is 4.62. The predicted molar refractivity (Wildman–Crippen MR) is 147 cm³/mol. The molecule has 4 rings (SSSR count). The fourth-order valence-electron chi connectivity index (χ4n) is 1.54. The average molecular weight is 636 g/mol. The third-order valence-corrected chi connectivity index (χ3v) is 2.67. The number of halogens is 4. The van der Waals surface area contributed by atoms with Crippen LogP contribution in [-0.2, 0) is 0 Å². The van der Waals surface area contributed by atoms with Gasteiger partial charge in [0.1, 0.15) is 0 Å². The largest absolute Gasteiger partial charge is 0.114 e. The molecular formula is C24H28Br4. The van der Waals surface area contributed by atoms with Gasteiger partial charge in [-0.3, -0.25) is 0 Å². The molecular weight excluding hydrogens is 608 g/mol. The molecule has 0 spiro atoms. The highest BCUT2D eigenvalue weighted by atomic mass is 79.9. The molecule has 4 aromatic rings. The molecule has 0 atom stereocenters. The molecule has 0 unspecified atom stereocenters. The zero-order chi connectivity index (χ0) is 17.0. The lowest BCUT2D eigenvalue weighted by atomic mass is 10.4. The van der Waals surface area contributed by atoms with E-state index in [0.29, 0.717) is 0 Å². The Kier molecular flexibility index (Phi) is 37.4. The molecule has 4 aromatic carbocycles. The summed E-state index contributed by atoms with van der Waals surface area (Å²) in [5, 5.41) is 0. The van der Waals surface area contributed by atoms with Crippen molar-refractivity contribution in [3.63, 3.8) is 0 Å². The Morgan fingerprint density at radius 2 is 0.143 bits per heavy atom. The van der Waals surface area contributed by atoms with Crippen LogP contribution in [0.2, 0.25) is 0 Å². The van der Waals surface area contributed by atoms with Crippen molar-refractivity contribution in [3.8, 4) is 0 Å². The molecule has 0 radical (unpaired) electrons. The van der Waals surface area contributed by atoms with E-state index < -0.39 is 0 Å². The average Bonchev–Trinajstić information content (AvgIpc) is 2.75. The molecule has 152 valence electrons. The molecule has 0 heterocycles. The van der Waals surface area contributed by atoms with Crippen molar-refractivity contribution in [2.45, 2.75) is 0 Å². The summed E-state index contributed by atoms with van der Waals surface area (Å²) in [5.74, 6) is 0. The van der Waals surface area contributed by atoms with E-state index in [-0.39, 0.29) is 67.9 Å². The third kappa shape index (κ3) is 27.0. The summed E-state index contributed by atoms with van der Waals surface area (Å²) in [5.41, 5.74) is 0. The monoisotopic (exact) mass is 632 g/mol. The Morgan fingerprint density at radius 3 is 0.179 bits per heavy atom. The standard InChI is InChI=1S/4C6H6.4BrH/c4*1-2-4-6-5-3-1;;;;/h4*1-6H;4*1H. The Bertz CT molecular complexity index is 430. The zero-order valence-corrected chi connectivity index (χ0v) is 22.3. The maximum absolute atomic E-state index is 2.00. The van der Waals surface area contributed by atoms with E-state index in [4.69, 9.17) is 0 Å². The second-order valence-electron chi connectivity index (χ2n) is 4.62. The predicted octanol–water partition coefficient (Wildman–Crippen LogP) is 9.06. The van der Waals surface area contributed by atoms with E-state index in [1.54, 1.807) is 0 Å². The van der Waals surface area contributed by atoms with Gasteiger partial charge in [-0.2, -0.15) is 0 Å². The molecule has 0 saturated carbocycles. The van der Waals surface area contributed by atoms with Gasteiger partial charge in [0.15, 0.2) is 0 Å². The molecule has 0 nitrogen and oxygen atoms in total. The van der Waals surface area contributed by atoms with Gasteiger partial charge in [0.2, 0.25) is 0 Å². The minimum absolute atomic E-state index is 0. The van der Waals surface area contributed by atoms with Crippen LogP contribution in [-0.4, -0.2) is 0 Å². The minimum Gasteiger partial charge on any atom is -0.114 e. The van der Waals surface area contributed by atoms with Gasteiger partial charge in [-0.05, 0) is 0 Å². The van der Waals surface area contributed by atoms with Crippen LogP contribution < -0.4 is 0 Å². The van der Waals surface area contributed by atoms with Gasteiger partial charge in [0, 0.05) is 0 Å². The maximum Gasteiger partial charge on any atom is -0.0623 e. The van der Waals surface area contributed by atoms with Gasteiger partial charge in [0.05, 0.1) is 0 Å². The van der Waals surface area contributed by atoms with Gasteiger partial charge in [-0.15, -0.1) is 67.9 Å². The lowest BCUT2D eigenvalue weighted by Gasteiger charge is -1.69. The van der Waals surface area contributed by atoms with Crippen molar-refractivity contribution in [2.75, 3.05) is 0 Å². The van der Waals surface area contributed by atoms with Crippen LogP contribution in [0.15, 0.2) is 146 Å². The van der Waals surface area contributed by atoms with Crippen LogP contribution in [0.1, 0.15) is 0 Å². The molecule has 0 saturated heterocycles. The highest BCUT2D eigenvalue weighted by molar-refractivity contribution is 8.93. The first-order valence-corrected chi connectivity index (χ1v) is 8.00. The molecule has 0 aliphatic heterocycles. The first-order chi connectivity index (χ1) is 12.0.